The SMILES string of the molecule is CNC(C)c1cc(Cl)ccc1OCC1CCC(C)O1. The zero-order chi connectivity index (χ0) is 13.8. The molecule has 0 bridgehead atoms. The zero-order valence-corrected chi connectivity index (χ0v) is 12.5. The second-order valence-corrected chi connectivity index (χ2v) is 5.59. The molecule has 2 rings (SSSR count). The average molecular weight is 284 g/mol. The number of hydrogen-bond acceptors (Lipinski definition) is 3. The molecule has 0 aromatic heterocycles. The van der Waals surface area contributed by atoms with Crippen LogP contribution in [0.2, 0.25) is 5.02 Å². The molecular formula is C15H22ClNO2. The molecule has 4 heteroatoms. The van der Waals surface area contributed by atoms with Gasteiger partial charge in [0.2, 0.25) is 0 Å². The Balaban J connectivity index is 2.02. The molecule has 3 atom stereocenters. The summed E-state index contributed by atoms with van der Waals surface area (Å²) >= 11 is 6.06. The van der Waals surface area contributed by atoms with Crippen molar-refractivity contribution in [2.24, 2.45) is 0 Å². The summed E-state index contributed by atoms with van der Waals surface area (Å²) in [4.78, 5) is 0. The lowest BCUT2D eigenvalue weighted by Crippen LogP contribution is -2.20. The minimum Gasteiger partial charge on any atom is -0.491 e. The second kappa shape index (κ2) is 6.60. The Labute approximate surface area is 120 Å². The van der Waals surface area contributed by atoms with Gasteiger partial charge in [-0.2, -0.15) is 0 Å². The molecule has 1 aliphatic heterocycles. The maximum absolute atomic E-state index is 6.06. The second-order valence-electron chi connectivity index (χ2n) is 5.15. The Morgan fingerprint density at radius 3 is 2.89 bits per heavy atom. The van der Waals surface area contributed by atoms with E-state index in [0.717, 1.165) is 29.2 Å². The molecule has 1 aromatic rings. The molecule has 3 unspecified atom stereocenters. The summed E-state index contributed by atoms with van der Waals surface area (Å²) in [5.74, 6) is 0.884. The Kier molecular flexibility index (Phi) is 5.08. The monoisotopic (exact) mass is 283 g/mol. The predicted octanol–water partition coefficient (Wildman–Crippen LogP) is 3.57. The molecule has 0 amide bonds. The van der Waals surface area contributed by atoms with Gasteiger partial charge >= 0.3 is 0 Å². The summed E-state index contributed by atoms with van der Waals surface area (Å²) < 4.78 is 11.7. The molecule has 1 aromatic carbocycles. The van der Waals surface area contributed by atoms with Gasteiger partial charge in [0.1, 0.15) is 12.4 Å². The highest BCUT2D eigenvalue weighted by molar-refractivity contribution is 6.30. The molecule has 0 saturated carbocycles. The van der Waals surface area contributed by atoms with Crippen LogP contribution >= 0.6 is 11.6 Å². The van der Waals surface area contributed by atoms with Crippen molar-refractivity contribution in [3.63, 3.8) is 0 Å². The summed E-state index contributed by atoms with van der Waals surface area (Å²) in [5, 5.41) is 3.95. The third kappa shape index (κ3) is 3.85. The van der Waals surface area contributed by atoms with Crippen LogP contribution in [0, 0.1) is 0 Å². The van der Waals surface area contributed by atoms with Gasteiger partial charge in [-0.25, -0.2) is 0 Å². The largest absolute Gasteiger partial charge is 0.491 e. The van der Waals surface area contributed by atoms with E-state index < -0.39 is 0 Å². The molecule has 1 fully saturated rings. The summed E-state index contributed by atoms with van der Waals surface area (Å²) in [7, 11) is 1.93. The van der Waals surface area contributed by atoms with Crippen molar-refractivity contribution in [3.8, 4) is 5.75 Å². The Morgan fingerprint density at radius 1 is 1.47 bits per heavy atom. The summed E-state index contributed by atoms with van der Waals surface area (Å²) in [6.45, 7) is 4.80. The number of rotatable bonds is 5. The lowest BCUT2D eigenvalue weighted by atomic mass is 10.1. The third-order valence-electron chi connectivity index (χ3n) is 3.62. The minimum atomic E-state index is 0.206. The fourth-order valence-electron chi connectivity index (χ4n) is 2.34. The van der Waals surface area contributed by atoms with Crippen LogP contribution in [-0.4, -0.2) is 25.9 Å². The topological polar surface area (TPSA) is 30.5 Å². The number of hydrogen-bond donors (Lipinski definition) is 1. The van der Waals surface area contributed by atoms with Crippen molar-refractivity contribution in [2.45, 2.75) is 44.9 Å². The summed E-state index contributed by atoms with van der Waals surface area (Å²) in [6, 6.07) is 5.96. The third-order valence-corrected chi connectivity index (χ3v) is 3.85. The first kappa shape index (κ1) is 14.6. The number of benzene rings is 1. The van der Waals surface area contributed by atoms with E-state index in [2.05, 4.69) is 19.2 Å². The van der Waals surface area contributed by atoms with E-state index >= 15 is 0 Å². The van der Waals surface area contributed by atoms with Crippen molar-refractivity contribution >= 4 is 11.6 Å². The van der Waals surface area contributed by atoms with E-state index in [4.69, 9.17) is 21.1 Å². The van der Waals surface area contributed by atoms with Crippen LogP contribution < -0.4 is 10.1 Å². The predicted molar refractivity (Wildman–Crippen MR) is 78.0 cm³/mol. The molecule has 19 heavy (non-hydrogen) atoms. The van der Waals surface area contributed by atoms with Crippen LogP contribution in [0.15, 0.2) is 18.2 Å². The van der Waals surface area contributed by atoms with Gasteiger partial charge < -0.3 is 14.8 Å². The first-order valence-corrected chi connectivity index (χ1v) is 7.23. The van der Waals surface area contributed by atoms with Gasteiger partial charge in [0.05, 0.1) is 12.2 Å². The first-order valence-electron chi connectivity index (χ1n) is 6.85. The quantitative estimate of drug-likeness (QED) is 0.896. The fourth-order valence-corrected chi connectivity index (χ4v) is 2.52. The highest BCUT2D eigenvalue weighted by Gasteiger charge is 2.22. The maximum Gasteiger partial charge on any atom is 0.124 e. The highest BCUT2D eigenvalue weighted by atomic mass is 35.5. The van der Waals surface area contributed by atoms with Gasteiger partial charge in [-0.1, -0.05) is 11.6 Å². The molecule has 0 spiro atoms. The maximum atomic E-state index is 6.06. The van der Waals surface area contributed by atoms with Crippen molar-refractivity contribution in [3.05, 3.63) is 28.8 Å². The summed E-state index contributed by atoms with van der Waals surface area (Å²) in [6.07, 6.45) is 2.76. The minimum absolute atomic E-state index is 0.206. The molecule has 3 nitrogen and oxygen atoms in total. The van der Waals surface area contributed by atoms with Gasteiger partial charge in [0.15, 0.2) is 0 Å². The molecular weight excluding hydrogens is 262 g/mol. The summed E-state index contributed by atoms with van der Waals surface area (Å²) in [5.41, 5.74) is 1.08. The van der Waals surface area contributed by atoms with Crippen LogP contribution in [0.4, 0.5) is 0 Å². The van der Waals surface area contributed by atoms with E-state index in [1.165, 1.54) is 0 Å². The van der Waals surface area contributed by atoms with Gasteiger partial charge in [-0.05, 0) is 51.9 Å². The smallest absolute Gasteiger partial charge is 0.124 e. The normalized spacial score (nSPS) is 24.4. The first-order chi connectivity index (χ1) is 9.10. The molecule has 0 aliphatic carbocycles. The van der Waals surface area contributed by atoms with Gasteiger partial charge in [0.25, 0.3) is 0 Å². The lowest BCUT2D eigenvalue weighted by molar-refractivity contribution is 0.0261. The van der Waals surface area contributed by atoms with Crippen molar-refractivity contribution in [1.82, 2.24) is 5.32 Å². The molecule has 106 valence electrons. The van der Waals surface area contributed by atoms with Crippen LogP contribution in [0.1, 0.15) is 38.3 Å². The van der Waals surface area contributed by atoms with E-state index in [1.807, 2.05) is 25.2 Å². The molecule has 1 N–H and O–H groups in total. The highest BCUT2D eigenvalue weighted by Crippen LogP contribution is 2.29. The average Bonchev–Trinajstić information content (AvgIpc) is 2.82. The fraction of sp³-hybridized carbons (Fsp3) is 0.600. The van der Waals surface area contributed by atoms with Crippen LogP contribution in [0.25, 0.3) is 0 Å². The van der Waals surface area contributed by atoms with Crippen molar-refractivity contribution < 1.29 is 9.47 Å². The van der Waals surface area contributed by atoms with Crippen molar-refractivity contribution in [2.75, 3.05) is 13.7 Å². The van der Waals surface area contributed by atoms with E-state index in [0.29, 0.717) is 12.7 Å². The Bertz CT molecular complexity index is 425. The van der Waals surface area contributed by atoms with Crippen LogP contribution in [-0.2, 0) is 4.74 Å². The standard InChI is InChI=1S/C15H22ClNO2/c1-10-4-6-13(19-10)9-18-15-7-5-12(16)8-14(15)11(2)17-3/h5,7-8,10-11,13,17H,4,6,9H2,1-3H3. The number of nitrogens with one attached hydrogen (secondary N) is 1. The molecule has 1 aliphatic rings. The molecule has 1 heterocycles. The van der Waals surface area contributed by atoms with Crippen LogP contribution in [0.3, 0.4) is 0 Å². The molecule has 1 saturated heterocycles. The van der Waals surface area contributed by atoms with E-state index in [-0.39, 0.29) is 12.1 Å². The number of ether oxygens (including phenoxy) is 2. The van der Waals surface area contributed by atoms with Gasteiger partial charge in [0, 0.05) is 16.6 Å². The van der Waals surface area contributed by atoms with Crippen LogP contribution in [0.5, 0.6) is 5.75 Å². The van der Waals surface area contributed by atoms with E-state index in [1.54, 1.807) is 0 Å². The van der Waals surface area contributed by atoms with E-state index in [9.17, 15) is 0 Å². The molecule has 0 radical (unpaired) electrons. The van der Waals surface area contributed by atoms with Gasteiger partial charge in [-0.15, -0.1) is 0 Å². The lowest BCUT2D eigenvalue weighted by Gasteiger charge is -2.19. The van der Waals surface area contributed by atoms with Crippen molar-refractivity contribution in [1.29, 1.82) is 0 Å². The zero-order valence-electron chi connectivity index (χ0n) is 11.8. The Morgan fingerprint density at radius 2 is 2.26 bits per heavy atom. The Hall–Kier alpha value is -0.770. The number of halogens is 1. The van der Waals surface area contributed by atoms with Gasteiger partial charge in [-0.3, -0.25) is 0 Å².